The molecule has 2 aromatic carbocycles. The van der Waals surface area contributed by atoms with Crippen molar-refractivity contribution in [1.82, 2.24) is 0 Å². The summed E-state index contributed by atoms with van der Waals surface area (Å²) >= 11 is 0. The van der Waals surface area contributed by atoms with Crippen molar-refractivity contribution < 1.29 is 14.3 Å². The molecule has 124 valence electrons. The number of nitrogens with zero attached hydrogens (tertiary/aromatic N) is 1. The van der Waals surface area contributed by atoms with Crippen molar-refractivity contribution in [3.63, 3.8) is 0 Å². The molecule has 0 saturated carbocycles. The molecule has 2 aromatic rings. The van der Waals surface area contributed by atoms with E-state index in [1.54, 1.807) is 30.1 Å². The first kappa shape index (κ1) is 16.1. The monoisotopic (exact) mass is 324 g/mol. The second kappa shape index (κ2) is 6.35. The van der Waals surface area contributed by atoms with Crippen LogP contribution in [0.2, 0.25) is 0 Å². The fourth-order valence-corrected chi connectivity index (χ4v) is 2.68. The zero-order valence-corrected chi connectivity index (χ0v) is 14.0. The lowest BCUT2D eigenvalue weighted by Gasteiger charge is -2.16. The molecule has 0 radical (unpaired) electrons. The lowest BCUT2D eigenvalue weighted by Crippen LogP contribution is -2.25. The van der Waals surface area contributed by atoms with Gasteiger partial charge in [-0.25, -0.2) is 0 Å². The van der Waals surface area contributed by atoms with E-state index in [9.17, 15) is 9.59 Å². The lowest BCUT2D eigenvalue weighted by atomic mass is 10.1. The van der Waals surface area contributed by atoms with Gasteiger partial charge in [0.2, 0.25) is 5.91 Å². The van der Waals surface area contributed by atoms with Gasteiger partial charge < -0.3 is 15.0 Å². The topological polar surface area (TPSA) is 58.6 Å². The zero-order valence-electron chi connectivity index (χ0n) is 14.0. The van der Waals surface area contributed by atoms with Gasteiger partial charge in [-0.05, 0) is 36.2 Å². The average molecular weight is 324 g/mol. The first-order valence-corrected chi connectivity index (χ1v) is 7.94. The Morgan fingerprint density at radius 1 is 1.17 bits per heavy atom. The number of benzene rings is 2. The third kappa shape index (κ3) is 3.11. The molecule has 2 amide bonds. The Hall–Kier alpha value is -2.82. The number of carbonyl (C=O) groups is 2. The summed E-state index contributed by atoms with van der Waals surface area (Å²) in [7, 11) is 1.71. The molecule has 0 fully saturated rings. The van der Waals surface area contributed by atoms with Crippen LogP contribution in [0.5, 0.6) is 11.5 Å². The van der Waals surface area contributed by atoms with Gasteiger partial charge in [-0.1, -0.05) is 26.0 Å². The molecule has 0 aliphatic carbocycles. The van der Waals surface area contributed by atoms with E-state index in [4.69, 9.17) is 4.74 Å². The molecule has 5 heteroatoms. The maximum absolute atomic E-state index is 12.7. The van der Waals surface area contributed by atoms with Gasteiger partial charge in [-0.15, -0.1) is 0 Å². The van der Waals surface area contributed by atoms with Crippen LogP contribution in [0.4, 0.5) is 11.4 Å². The average Bonchev–Trinajstić information content (AvgIpc) is 2.63. The molecule has 1 aliphatic heterocycles. The highest BCUT2D eigenvalue weighted by Gasteiger charge is 2.25. The zero-order chi connectivity index (χ0) is 17.3. The van der Waals surface area contributed by atoms with Crippen molar-refractivity contribution in [2.75, 3.05) is 17.3 Å². The molecular formula is C19H20N2O3. The third-order valence-corrected chi connectivity index (χ3v) is 3.84. The third-order valence-electron chi connectivity index (χ3n) is 3.84. The summed E-state index contributed by atoms with van der Waals surface area (Å²) < 4.78 is 5.89. The maximum atomic E-state index is 12.7. The molecule has 1 aliphatic rings. The fraction of sp³-hybridized carbons (Fsp3) is 0.263. The first-order valence-electron chi connectivity index (χ1n) is 7.94. The van der Waals surface area contributed by atoms with Crippen LogP contribution in [0.1, 0.15) is 30.6 Å². The van der Waals surface area contributed by atoms with Gasteiger partial charge in [0, 0.05) is 19.2 Å². The molecule has 0 saturated heterocycles. The number of carbonyl (C=O) groups excluding carboxylic acids is 2. The van der Waals surface area contributed by atoms with E-state index in [1.165, 1.54) is 0 Å². The van der Waals surface area contributed by atoms with E-state index in [-0.39, 0.29) is 17.7 Å². The standard InChI is InChI=1S/C19H20N2O3/c1-12(2)10-18(22)20-13-8-9-16-14(11-13)19(23)21(3)15-6-4-5-7-17(15)24-16/h4-9,11-12H,10H2,1-3H3,(H,20,22). The molecule has 24 heavy (non-hydrogen) atoms. The molecule has 0 atom stereocenters. The van der Waals surface area contributed by atoms with E-state index in [1.807, 2.05) is 38.1 Å². The quantitative estimate of drug-likeness (QED) is 0.926. The van der Waals surface area contributed by atoms with E-state index in [2.05, 4.69) is 5.32 Å². The summed E-state index contributed by atoms with van der Waals surface area (Å²) in [5.74, 6) is 1.15. The molecular weight excluding hydrogens is 304 g/mol. The molecule has 0 unspecified atom stereocenters. The summed E-state index contributed by atoms with van der Waals surface area (Å²) in [5, 5.41) is 2.84. The van der Waals surface area contributed by atoms with Crippen molar-refractivity contribution in [1.29, 1.82) is 0 Å². The summed E-state index contributed by atoms with van der Waals surface area (Å²) in [5.41, 5.74) is 1.73. The molecule has 1 heterocycles. The van der Waals surface area contributed by atoms with Crippen LogP contribution in [0.3, 0.4) is 0 Å². The lowest BCUT2D eigenvalue weighted by molar-refractivity contribution is -0.116. The second-order valence-corrected chi connectivity index (χ2v) is 6.29. The fourth-order valence-electron chi connectivity index (χ4n) is 2.68. The largest absolute Gasteiger partial charge is 0.454 e. The number of para-hydroxylation sites is 2. The minimum atomic E-state index is -0.171. The predicted molar refractivity (Wildman–Crippen MR) is 93.8 cm³/mol. The number of hydrogen-bond donors (Lipinski definition) is 1. The summed E-state index contributed by atoms with van der Waals surface area (Å²) in [4.78, 5) is 26.3. The number of fused-ring (bicyclic) bond motifs is 2. The molecule has 0 bridgehead atoms. The molecule has 0 aromatic heterocycles. The van der Waals surface area contributed by atoms with Crippen LogP contribution in [-0.2, 0) is 4.79 Å². The van der Waals surface area contributed by atoms with Gasteiger partial charge in [0.25, 0.3) is 5.91 Å². The number of anilines is 2. The van der Waals surface area contributed by atoms with Gasteiger partial charge in [0.05, 0.1) is 11.3 Å². The Morgan fingerprint density at radius 2 is 1.92 bits per heavy atom. The SMILES string of the molecule is CC(C)CC(=O)Nc1ccc2c(c1)C(=O)N(C)c1ccccc1O2. The highest BCUT2D eigenvalue weighted by Crippen LogP contribution is 2.38. The Balaban J connectivity index is 1.93. The number of rotatable bonds is 3. The summed E-state index contributed by atoms with van der Waals surface area (Å²) in [6.07, 6.45) is 0.437. The van der Waals surface area contributed by atoms with Gasteiger partial charge in [0.1, 0.15) is 5.75 Å². The van der Waals surface area contributed by atoms with Crippen LogP contribution in [-0.4, -0.2) is 18.9 Å². The summed E-state index contributed by atoms with van der Waals surface area (Å²) in [6, 6.07) is 12.5. The van der Waals surface area contributed by atoms with Crippen LogP contribution in [0.15, 0.2) is 42.5 Å². The predicted octanol–water partition coefficient (Wildman–Crippen LogP) is 4.05. The Morgan fingerprint density at radius 3 is 2.67 bits per heavy atom. The summed E-state index contributed by atoms with van der Waals surface area (Å²) in [6.45, 7) is 3.97. The van der Waals surface area contributed by atoms with Gasteiger partial charge in [-0.2, -0.15) is 0 Å². The van der Waals surface area contributed by atoms with Gasteiger partial charge >= 0.3 is 0 Å². The molecule has 3 rings (SSSR count). The van der Waals surface area contributed by atoms with E-state index >= 15 is 0 Å². The van der Waals surface area contributed by atoms with Crippen LogP contribution >= 0.6 is 0 Å². The molecule has 5 nitrogen and oxygen atoms in total. The minimum Gasteiger partial charge on any atom is -0.454 e. The number of nitrogens with one attached hydrogen (secondary N) is 1. The van der Waals surface area contributed by atoms with Crippen molar-refractivity contribution in [2.24, 2.45) is 5.92 Å². The van der Waals surface area contributed by atoms with E-state index in [0.29, 0.717) is 34.9 Å². The number of ether oxygens (including phenoxy) is 1. The number of amides is 2. The van der Waals surface area contributed by atoms with E-state index < -0.39 is 0 Å². The first-order chi connectivity index (χ1) is 11.5. The highest BCUT2D eigenvalue weighted by atomic mass is 16.5. The molecule has 0 spiro atoms. The van der Waals surface area contributed by atoms with Crippen LogP contribution in [0.25, 0.3) is 0 Å². The molecule has 1 N–H and O–H groups in total. The Labute approximate surface area is 141 Å². The van der Waals surface area contributed by atoms with Gasteiger partial charge in [-0.3, -0.25) is 9.59 Å². The normalized spacial score (nSPS) is 13.0. The van der Waals surface area contributed by atoms with Crippen LogP contribution in [0, 0.1) is 5.92 Å². The Kier molecular flexibility index (Phi) is 4.25. The van der Waals surface area contributed by atoms with Crippen molar-refractivity contribution >= 4 is 23.2 Å². The van der Waals surface area contributed by atoms with Gasteiger partial charge in [0.15, 0.2) is 5.75 Å². The number of hydrogen-bond acceptors (Lipinski definition) is 3. The van der Waals surface area contributed by atoms with Crippen LogP contribution < -0.4 is 15.0 Å². The van der Waals surface area contributed by atoms with Crippen molar-refractivity contribution in [3.8, 4) is 11.5 Å². The smallest absolute Gasteiger partial charge is 0.261 e. The maximum Gasteiger partial charge on any atom is 0.261 e. The van der Waals surface area contributed by atoms with E-state index in [0.717, 1.165) is 0 Å². The highest BCUT2D eigenvalue weighted by molar-refractivity contribution is 6.10. The van der Waals surface area contributed by atoms with Crippen molar-refractivity contribution in [2.45, 2.75) is 20.3 Å². The Bertz CT molecular complexity index is 799. The second-order valence-electron chi connectivity index (χ2n) is 6.29. The minimum absolute atomic E-state index is 0.0661. The van der Waals surface area contributed by atoms with Crippen molar-refractivity contribution in [3.05, 3.63) is 48.0 Å².